The first-order valence-corrected chi connectivity index (χ1v) is 7.37. The molecule has 1 atom stereocenters. The third-order valence-electron chi connectivity index (χ3n) is 4.11. The third-order valence-corrected chi connectivity index (χ3v) is 4.11. The summed E-state index contributed by atoms with van der Waals surface area (Å²) >= 11 is 0. The standard InChI is InChI=1S/C16H24F3N/c1-4-6-7-8-11-15(3,5-2)13-9-10-14(20-12-13)16(17,18)19/h9-10,12H,4-8,11H2,1-3H3. The topological polar surface area (TPSA) is 12.9 Å². The molecule has 1 aromatic heterocycles. The summed E-state index contributed by atoms with van der Waals surface area (Å²) in [5.74, 6) is 0. The molecule has 1 aromatic rings. The van der Waals surface area contributed by atoms with Crippen molar-refractivity contribution in [1.82, 2.24) is 4.98 Å². The third kappa shape index (κ3) is 4.50. The molecule has 0 bridgehead atoms. The van der Waals surface area contributed by atoms with Crippen LogP contribution in [0.15, 0.2) is 18.3 Å². The summed E-state index contributed by atoms with van der Waals surface area (Å²) in [6, 6.07) is 2.68. The Kier molecular flexibility index (Phi) is 6.03. The Hall–Kier alpha value is -1.06. The van der Waals surface area contributed by atoms with Crippen molar-refractivity contribution in [3.63, 3.8) is 0 Å². The molecule has 0 N–H and O–H groups in total. The molecule has 0 aliphatic heterocycles. The number of aromatic nitrogens is 1. The molecule has 114 valence electrons. The van der Waals surface area contributed by atoms with Gasteiger partial charge in [0.25, 0.3) is 0 Å². The lowest BCUT2D eigenvalue weighted by Gasteiger charge is -2.29. The maximum Gasteiger partial charge on any atom is 0.433 e. The van der Waals surface area contributed by atoms with Gasteiger partial charge in [-0.25, -0.2) is 0 Å². The van der Waals surface area contributed by atoms with E-state index in [2.05, 4.69) is 25.8 Å². The molecule has 1 unspecified atom stereocenters. The minimum atomic E-state index is -4.36. The van der Waals surface area contributed by atoms with E-state index in [4.69, 9.17) is 0 Å². The maximum atomic E-state index is 12.5. The molecule has 20 heavy (non-hydrogen) atoms. The molecule has 1 rings (SSSR count). The Bertz CT molecular complexity index is 397. The second-order valence-electron chi connectivity index (χ2n) is 5.65. The van der Waals surface area contributed by atoms with Crippen molar-refractivity contribution in [1.29, 1.82) is 0 Å². The Labute approximate surface area is 119 Å². The predicted octanol–water partition coefficient (Wildman–Crippen LogP) is 5.74. The SMILES string of the molecule is CCCCCCC(C)(CC)c1ccc(C(F)(F)F)nc1. The van der Waals surface area contributed by atoms with E-state index in [1.165, 1.54) is 25.5 Å². The maximum absolute atomic E-state index is 12.5. The molecule has 0 spiro atoms. The van der Waals surface area contributed by atoms with Gasteiger partial charge in [-0.2, -0.15) is 13.2 Å². The van der Waals surface area contributed by atoms with Crippen molar-refractivity contribution in [2.24, 2.45) is 0 Å². The van der Waals surface area contributed by atoms with Crippen LogP contribution in [-0.2, 0) is 11.6 Å². The molecule has 0 aliphatic rings. The lowest BCUT2D eigenvalue weighted by atomic mass is 9.76. The fraction of sp³-hybridized carbons (Fsp3) is 0.688. The summed E-state index contributed by atoms with van der Waals surface area (Å²) in [4.78, 5) is 3.58. The molecule has 0 saturated heterocycles. The monoisotopic (exact) mass is 287 g/mol. The van der Waals surface area contributed by atoms with Gasteiger partial charge in [0, 0.05) is 6.20 Å². The molecule has 0 aromatic carbocycles. The van der Waals surface area contributed by atoms with E-state index in [9.17, 15) is 13.2 Å². The van der Waals surface area contributed by atoms with E-state index in [-0.39, 0.29) is 5.41 Å². The summed E-state index contributed by atoms with van der Waals surface area (Å²) in [6.45, 7) is 6.36. The zero-order valence-electron chi connectivity index (χ0n) is 12.6. The van der Waals surface area contributed by atoms with E-state index in [1.807, 2.05) is 0 Å². The van der Waals surface area contributed by atoms with E-state index in [0.29, 0.717) is 0 Å². The highest BCUT2D eigenvalue weighted by atomic mass is 19.4. The van der Waals surface area contributed by atoms with Crippen LogP contribution in [0.5, 0.6) is 0 Å². The average Bonchev–Trinajstić information content (AvgIpc) is 2.42. The molecule has 1 heterocycles. The fourth-order valence-electron chi connectivity index (χ4n) is 2.39. The second kappa shape index (κ2) is 7.09. The number of rotatable bonds is 7. The first-order valence-electron chi connectivity index (χ1n) is 7.37. The van der Waals surface area contributed by atoms with Crippen LogP contribution < -0.4 is 0 Å². The summed E-state index contributed by atoms with van der Waals surface area (Å²) < 4.78 is 37.6. The van der Waals surface area contributed by atoms with Crippen LogP contribution in [0.2, 0.25) is 0 Å². The van der Waals surface area contributed by atoms with Crippen LogP contribution >= 0.6 is 0 Å². The smallest absolute Gasteiger partial charge is 0.251 e. The van der Waals surface area contributed by atoms with Crippen LogP contribution in [0.25, 0.3) is 0 Å². The van der Waals surface area contributed by atoms with Gasteiger partial charge in [-0.05, 0) is 29.9 Å². The van der Waals surface area contributed by atoms with Gasteiger partial charge in [0.15, 0.2) is 0 Å². The number of hydrogen-bond acceptors (Lipinski definition) is 1. The molecular weight excluding hydrogens is 263 g/mol. The molecule has 0 radical (unpaired) electrons. The molecular formula is C16H24F3N. The van der Waals surface area contributed by atoms with Gasteiger partial charge in [-0.15, -0.1) is 0 Å². The fourth-order valence-corrected chi connectivity index (χ4v) is 2.39. The summed E-state index contributed by atoms with van der Waals surface area (Å²) in [5.41, 5.74) is 0.0143. The Morgan fingerprint density at radius 3 is 2.20 bits per heavy atom. The minimum absolute atomic E-state index is 0.0785. The average molecular weight is 287 g/mol. The quantitative estimate of drug-likeness (QED) is 0.583. The lowest BCUT2D eigenvalue weighted by molar-refractivity contribution is -0.141. The van der Waals surface area contributed by atoms with Gasteiger partial charge in [0.1, 0.15) is 5.69 Å². The van der Waals surface area contributed by atoms with Gasteiger partial charge in [-0.1, -0.05) is 52.5 Å². The lowest BCUT2D eigenvalue weighted by Crippen LogP contribution is -2.21. The van der Waals surface area contributed by atoms with E-state index in [1.54, 1.807) is 6.07 Å². The van der Waals surface area contributed by atoms with Crippen molar-refractivity contribution in [3.05, 3.63) is 29.6 Å². The molecule has 4 heteroatoms. The highest BCUT2D eigenvalue weighted by Crippen LogP contribution is 2.34. The zero-order chi connectivity index (χ0) is 15.2. The number of nitrogens with zero attached hydrogens (tertiary/aromatic N) is 1. The van der Waals surface area contributed by atoms with Gasteiger partial charge >= 0.3 is 6.18 Å². The molecule has 0 aliphatic carbocycles. The van der Waals surface area contributed by atoms with E-state index >= 15 is 0 Å². The highest BCUT2D eigenvalue weighted by molar-refractivity contribution is 5.24. The molecule has 0 fully saturated rings. The van der Waals surface area contributed by atoms with Gasteiger partial charge in [0.05, 0.1) is 0 Å². The molecule has 1 nitrogen and oxygen atoms in total. The Balaban J connectivity index is 2.78. The first-order chi connectivity index (χ1) is 9.33. The zero-order valence-corrected chi connectivity index (χ0v) is 12.6. The highest BCUT2D eigenvalue weighted by Gasteiger charge is 2.33. The van der Waals surface area contributed by atoms with Crippen LogP contribution in [0.4, 0.5) is 13.2 Å². The Morgan fingerprint density at radius 1 is 1.05 bits per heavy atom. The number of halogens is 3. The van der Waals surface area contributed by atoms with Crippen LogP contribution in [-0.4, -0.2) is 4.98 Å². The van der Waals surface area contributed by atoms with Gasteiger partial charge in [0.2, 0.25) is 0 Å². The summed E-state index contributed by atoms with van der Waals surface area (Å²) in [5, 5.41) is 0. The van der Waals surface area contributed by atoms with Crippen molar-refractivity contribution in [2.45, 2.75) is 70.9 Å². The van der Waals surface area contributed by atoms with E-state index < -0.39 is 11.9 Å². The van der Waals surface area contributed by atoms with Crippen molar-refractivity contribution >= 4 is 0 Å². The largest absolute Gasteiger partial charge is 0.433 e. The predicted molar refractivity (Wildman–Crippen MR) is 75.6 cm³/mol. The number of pyridine rings is 1. The van der Waals surface area contributed by atoms with Gasteiger partial charge < -0.3 is 0 Å². The van der Waals surface area contributed by atoms with Crippen molar-refractivity contribution < 1.29 is 13.2 Å². The first kappa shape index (κ1) is 17.0. The summed E-state index contributed by atoms with van der Waals surface area (Å²) in [7, 11) is 0. The second-order valence-corrected chi connectivity index (χ2v) is 5.65. The normalized spacial score (nSPS) is 15.1. The molecule has 0 amide bonds. The van der Waals surface area contributed by atoms with E-state index in [0.717, 1.165) is 30.9 Å². The Morgan fingerprint density at radius 2 is 1.75 bits per heavy atom. The van der Waals surface area contributed by atoms with Gasteiger partial charge in [-0.3, -0.25) is 4.98 Å². The van der Waals surface area contributed by atoms with Crippen LogP contribution in [0.1, 0.15) is 70.6 Å². The molecule has 0 saturated carbocycles. The van der Waals surface area contributed by atoms with Crippen LogP contribution in [0, 0.1) is 0 Å². The number of hydrogen-bond donors (Lipinski definition) is 0. The minimum Gasteiger partial charge on any atom is -0.251 e. The van der Waals surface area contributed by atoms with Crippen molar-refractivity contribution in [3.8, 4) is 0 Å². The number of alkyl halides is 3. The summed E-state index contributed by atoms with van der Waals surface area (Å²) in [6.07, 6.45) is 3.63. The number of unbranched alkanes of at least 4 members (excludes halogenated alkanes) is 3. The van der Waals surface area contributed by atoms with Crippen LogP contribution in [0.3, 0.4) is 0 Å². The van der Waals surface area contributed by atoms with Crippen molar-refractivity contribution in [2.75, 3.05) is 0 Å².